The smallest absolute Gasteiger partial charge is 0.224 e. The first-order chi connectivity index (χ1) is 11.0. The quantitative estimate of drug-likeness (QED) is 0.720. The number of halogens is 2. The molecule has 0 aromatic heterocycles. The van der Waals surface area contributed by atoms with Crippen LogP contribution in [0.1, 0.15) is 30.9 Å². The largest absolute Gasteiger partial charge is 0.381 e. The first-order valence-corrected chi connectivity index (χ1v) is 8.37. The molecule has 23 heavy (non-hydrogen) atoms. The van der Waals surface area contributed by atoms with Crippen molar-refractivity contribution >= 4 is 33.2 Å². The van der Waals surface area contributed by atoms with Crippen LogP contribution in [-0.4, -0.2) is 5.91 Å². The van der Waals surface area contributed by atoms with Gasteiger partial charge in [0.05, 0.1) is 0 Å². The minimum atomic E-state index is -0.253. The van der Waals surface area contributed by atoms with Crippen LogP contribution in [0, 0.1) is 12.7 Å². The van der Waals surface area contributed by atoms with Crippen LogP contribution >= 0.6 is 15.9 Å². The third-order valence-electron chi connectivity index (χ3n) is 3.57. The molecule has 2 aromatic rings. The number of rotatable bonds is 6. The van der Waals surface area contributed by atoms with E-state index >= 15 is 0 Å². The molecule has 2 rings (SSSR count). The number of hydrogen-bond donors (Lipinski definition) is 2. The van der Waals surface area contributed by atoms with Crippen molar-refractivity contribution in [2.24, 2.45) is 0 Å². The molecular formula is C18H20BrFN2O. The summed E-state index contributed by atoms with van der Waals surface area (Å²) in [5, 5.41) is 6.14. The van der Waals surface area contributed by atoms with Crippen molar-refractivity contribution in [1.82, 2.24) is 0 Å². The number of benzene rings is 2. The summed E-state index contributed by atoms with van der Waals surface area (Å²) in [6.45, 7) is 4.28. The molecule has 0 heterocycles. The molecule has 0 aliphatic rings. The molecule has 0 aliphatic heterocycles. The van der Waals surface area contributed by atoms with E-state index in [2.05, 4.69) is 26.6 Å². The van der Waals surface area contributed by atoms with E-state index in [9.17, 15) is 9.18 Å². The van der Waals surface area contributed by atoms with Crippen molar-refractivity contribution < 1.29 is 9.18 Å². The summed E-state index contributed by atoms with van der Waals surface area (Å²) in [5.74, 6) is -0.247. The van der Waals surface area contributed by atoms with Crippen LogP contribution in [0.5, 0.6) is 0 Å². The molecule has 2 aromatic carbocycles. The van der Waals surface area contributed by atoms with Crippen LogP contribution in [0.15, 0.2) is 40.9 Å². The van der Waals surface area contributed by atoms with Gasteiger partial charge in [0.2, 0.25) is 5.91 Å². The summed E-state index contributed by atoms with van der Waals surface area (Å²) in [4.78, 5) is 11.7. The molecule has 0 bridgehead atoms. The zero-order valence-corrected chi connectivity index (χ0v) is 14.8. The number of carbonyl (C=O) groups is 1. The van der Waals surface area contributed by atoms with Gasteiger partial charge in [0.1, 0.15) is 5.82 Å². The Morgan fingerprint density at radius 1 is 1.22 bits per heavy atom. The molecule has 0 radical (unpaired) electrons. The maximum absolute atomic E-state index is 13.9. The molecule has 0 fully saturated rings. The molecule has 0 spiro atoms. The van der Waals surface area contributed by atoms with E-state index in [1.807, 2.05) is 38.1 Å². The van der Waals surface area contributed by atoms with Crippen LogP contribution in [0.25, 0.3) is 0 Å². The molecule has 0 saturated heterocycles. The van der Waals surface area contributed by atoms with Gasteiger partial charge in [-0.3, -0.25) is 4.79 Å². The lowest BCUT2D eigenvalue weighted by atomic mass is 10.1. The lowest BCUT2D eigenvalue weighted by Crippen LogP contribution is -2.12. The first kappa shape index (κ1) is 17.5. The third-order valence-corrected chi connectivity index (χ3v) is 4.06. The van der Waals surface area contributed by atoms with Crippen molar-refractivity contribution in [3.63, 3.8) is 0 Å². The van der Waals surface area contributed by atoms with Gasteiger partial charge in [-0.05, 0) is 43.2 Å². The second-order valence-corrected chi connectivity index (χ2v) is 6.28. The van der Waals surface area contributed by atoms with Crippen LogP contribution in [-0.2, 0) is 11.3 Å². The number of amides is 1. The van der Waals surface area contributed by atoms with Crippen molar-refractivity contribution in [3.8, 4) is 0 Å². The van der Waals surface area contributed by atoms with Crippen molar-refractivity contribution in [3.05, 3.63) is 57.8 Å². The van der Waals surface area contributed by atoms with E-state index in [0.29, 0.717) is 18.5 Å². The lowest BCUT2D eigenvalue weighted by molar-refractivity contribution is -0.116. The van der Waals surface area contributed by atoms with E-state index in [-0.39, 0.29) is 11.7 Å². The Bertz CT molecular complexity index is 703. The van der Waals surface area contributed by atoms with Crippen LogP contribution in [0.4, 0.5) is 15.8 Å². The van der Waals surface area contributed by atoms with Crippen molar-refractivity contribution in [1.29, 1.82) is 0 Å². The molecule has 0 atom stereocenters. The summed E-state index contributed by atoms with van der Waals surface area (Å²) >= 11 is 3.25. The topological polar surface area (TPSA) is 41.1 Å². The van der Waals surface area contributed by atoms with E-state index in [0.717, 1.165) is 27.8 Å². The number of nitrogens with one attached hydrogen (secondary N) is 2. The van der Waals surface area contributed by atoms with Crippen LogP contribution < -0.4 is 10.6 Å². The molecule has 0 saturated carbocycles. The molecule has 122 valence electrons. The fraction of sp³-hybridized carbons (Fsp3) is 0.278. The fourth-order valence-electron chi connectivity index (χ4n) is 2.26. The normalized spacial score (nSPS) is 10.4. The minimum Gasteiger partial charge on any atom is -0.381 e. The van der Waals surface area contributed by atoms with Gasteiger partial charge in [-0.15, -0.1) is 0 Å². The second kappa shape index (κ2) is 8.11. The van der Waals surface area contributed by atoms with E-state index in [4.69, 9.17) is 0 Å². The average Bonchev–Trinajstić information content (AvgIpc) is 2.50. The van der Waals surface area contributed by atoms with Gasteiger partial charge in [0.25, 0.3) is 0 Å². The predicted molar refractivity (Wildman–Crippen MR) is 96.1 cm³/mol. The van der Waals surface area contributed by atoms with Gasteiger partial charge in [0.15, 0.2) is 0 Å². The summed E-state index contributed by atoms with van der Waals surface area (Å²) in [6, 6.07) is 10.7. The summed E-state index contributed by atoms with van der Waals surface area (Å²) < 4.78 is 14.6. The SMILES string of the molecule is CCCC(=O)Nc1cccc(NCc2ccc(Br)cc2F)c1C. The Balaban J connectivity index is 2.09. The van der Waals surface area contributed by atoms with Gasteiger partial charge in [0, 0.05) is 34.4 Å². The Labute approximate surface area is 144 Å². The number of carbonyl (C=O) groups excluding carboxylic acids is 1. The zero-order chi connectivity index (χ0) is 16.8. The Morgan fingerprint density at radius 3 is 2.65 bits per heavy atom. The summed E-state index contributed by atoms with van der Waals surface area (Å²) in [7, 11) is 0. The monoisotopic (exact) mass is 378 g/mol. The minimum absolute atomic E-state index is 0.00621. The zero-order valence-electron chi connectivity index (χ0n) is 13.2. The maximum atomic E-state index is 13.9. The maximum Gasteiger partial charge on any atom is 0.224 e. The Morgan fingerprint density at radius 2 is 1.96 bits per heavy atom. The summed E-state index contributed by atoms with van der Waals surface area (Å²) in [5.41, 5.74) is 3.19. The van der Waals surface area contributed by atoms with Crippen molar-refractivity contribution in [2.45, 2.75) is 33.2 Å². The average molecular weight is 379 g/mol. The van der Waals surface area contributed by atoms with Gasteiger partial charge < -0.3 is 10.6 Å². The van der Waals surface area contributed by atoms with Gasteiger partial charge in [-0.1, -0.05) is 35.0 Å². The van der Waals surface area contributed by atoms with E-state index < -0.39 is 0 Å². The van der Waals surface area contributed by atoms with Gasteiger partial charge in [-0.25, -0.2) is 4.39 Å². The van der Waals surface area contributed by atoms with Gasteiger partial charge in [-0.2, -0.15) is 0 Å². The number of anilines is 2. The highest BCUT2D eigenvalue weighted by molar-refractivity contribution is 9.10. The van der Waals surface area contributed by atoms with E-state index in [1.54, 1.807) is 6.07 Å². The molecule has 0 aliphatic carbocycles. The second-order valence-electron chi connectivity index (χ2n) is 5.37. The lowest BCUT2D eigenvalue weighted by Gasteiger charge is -2.14. The molecule has 5 heteroatoms. The Hall–Kier alpha value is -1.88. The van der Waals surface area contributed by atoms with Crippen LogP contribution in [0.2, 0.25) is 0 Å². The highest BCUT2D eigenvalue weighted by atomic mass is 79.9. The fourth-order valence-corrected chi connectivity index (χ4v) is 2.59. The summed E-state index contributed by atoms with van der Waals surface area (Å²) in [6.07, 6.45) is 1.31. The molecule has 3 nitrogen and oxygen atoms in total. The Kier molecular flexibility index (Phi) is 6.16. The standard InChI is InChI=1S/C18H20BrFN2O/c1-3-5-18(23)22-17-7-4-6-16(12(17)2)21-11-13-8-9-14(19)10-15(13)20/h4,6-10,21H,3,5,11H2,1-2H3,(H,22,23). The number of hydrogen-bond acceptors (Lipinski definition) is 2. The van der Waals surface area contributed by atoms with Gasteiger partial charge >= 0.3 is 0 Å². The van der Waals surface area contributed by atoms with Crippen molar-refractivity contribution in [2.75, 3.05) is 10.6 Å². The molecule has 0 unspecified atom stereocenters. The molecule has 1 amide bonds. The highest BCUT2D eigenvalue weighted by Crippen LogP contribution is 2.25. The molecular weight excluding hydrogens is 359 g/mol. The van der Waals surface area contributed by atoms with E-state index in [1.165, 1.54) is 6.07 Å². The van der Waals surface area contributed by atoms with Crippen LogP contribution in [0.3, 0.4) is 0 Å². The third kappa shape index (κ3) is 4.79. The molecule has 2 N–H and O–H groups in total. The first-order valence-electron chi connectivity index (χ1n) is 7.58. The predicted octanol–water partition coefficient (Wildman–Crippen LogP) is 5.25. The highest BCUT2D eigenvalue weighted by Gasteiger charge is 2.08.